The van der Waals surface area contributed by atoms with Crippen LogP contribution in [0.2, 0.25) is 0 Å². The molecule has 1 N–H and O–H groups in total. The van der Waals surface area contributed by atoms with Crippen LogP contribution in [-0.4, -0.2) is 17.1 Å². The van der Waals surface area contributed by atoms with Gasteiger partial charge in [-0.3, -0.25) is 4.79 Å². The number of hydrogen-bond acceptors (Lipinski definition) is 4. The number of halogens is 3. The molecular weight excluding hydrogens is 409 g/mol. The zero-order chi connectivity index (χ0) is 22.5. The van der Waals surface area contributed by atoms with Gasteiger partial charge in [-0.1, -0.05) is 56.7 Å². The summed E-state index contributed by atoms with van der Waals surface area (Å²) in [5.41, 5.74) is -2.04. The van der Waals surface area contributed by atoms with Gasteiger partial charge in [0.1, 0.15) is 5.75 Å². The molecular formula is C24H19F3O4. The maximum absolute atomic E-state index is 13.1. The molecule has 31 heavy (non-hydrogen) atoms. The zero-order valence-electron chi connectivity index (χ0n) is 16.8. The summed E-state index contributed by atoms with van der Waals surface area (Å²) in [6, 6.07) is 12.5. The predicted octanol–water partition coefficient (Wildman–Crippen LogP) is 6.45. The van der Waals surface area contributed by atoms with Crippen molar-refractivity contribution in [3.8, 4) is 5.75 Å². The summed E-state index contributed by atoms with van der Waals surface area (Å²) in [6.07, 6.45) is -3.48. The van der Waals surface area contributed by atoms with Gasteiger partial charge in [0, 0.05) is 5.39 Å². The van der Waals surface area contributed by atoms with Gasteiger partial charge in [-0.25, -0.2) is 4.79 Å². The topological polar surface area (TPSA) is 67.5 Å². The molecule has 4 rings (SSSR count). The normalized spacial score (nSPS) is 13.2. The van der Waals surface area contributed by atoms with Crippen molar-refractivity contribution in [2.45, 2.75) is 38.8 Å². The monoisotopic (exact) mass is 428 g/mol. The Morgan fingerprint density at radius 2 is 1.71 bits per heavy atom. The van der Waals surface area contributed by atoms with Crippen molar-refractivity contribution in [1.29, 1.82) is 0 Å². The van der Waals surface area contributed by atoms with Gasteiger partial charge in [-0.2, -0.15) is 13.2 Å². The summed E-state index contributed by atoms with van der Waals surface area (Å²) in [6.45, 7) is 4.09. The molecule has 1 unspecified atom stereocenters. The average molecular weight is 428 g/mol. The first-order chi connectivity index (χ1) is 14.6. The first-order valence-electron chi connectivity index (χ1n) is 9.90. The van der Waals surface area contributed by atoms with Crippen LogP contribution in [0.1, 0.15) is 48.5 Å². The van der Waals surface area contributed by atoms with Gasteiger partial charge in [0.25, 0.3) is 5.78 Å². The first kappa shape index (κ1) is 20.9. The van der Waals surface area contributed by atoms with Crippen LogP contribution in [-0.2, 0) is 0 Å². The molecule has 3 aromatic carbocycles. The van der Waals surface area contributed by atoms with Crippen LogP contribution in [0.3, 0.4) is 0 Å². The lowest BCUT2D eigenvalue weighted by Crippen LogP contribution is -2.28. The lowest BCUT2D eigenvalue weighted by Gasteiger charge is -2.16. The van der Waals surface area contributed by atoms with E-state index in [1.807, 2.05) is 19.1 Å². The third kappa shape index (κ3) is 3.34. The maximum Gasteiger partial charge on any atom is 0.455 e. The molecule has 0 bridgehead atoms. The fourth-order valence-corrected chi connectivity index (χ4v) is 4.13. The van der Waals surface area contributed by atoms with Gasteiger partial charge in [0.05, 0.1) is 5.39 Å². The van der Waals surface area contributed by atoms with Crippen molar-refractivity contribution >= 4 is 38.3 Å². The van der Waals surface area contributed by atoms with Gasteiger partial charge in [0.2, 0.25) is 0 Å². The minimum Gasteiger partial charge on any atom is -0.506 e. The molecule has 0 saturated carbocycles. The maximum atomic E-state index is 13.1. The standard InChI is InChI=1S/C24H19F3O4/c1-3-6-12(2)13-9-10-15-14-7-4-5-8-16(14)21-18(17(15)11-13)20(28)19(23(30)31-21)22(29)24(25,26)27/h4-5,7-12,28H,3,6H2,1-2H3. The number of benzene rings is 3. The van der Waals surface area contributed by atoms with E-state index >= 15 is 0 Å². The number of aromatic hydroxyl groups is 1. The highest BCUT2D eigenvalue weighted by atomic mass is 19.4. The molecule has 0 aliphatic rings. The van der Waals surface area contributed by atoms with Crippen molar-refractivity contribution in [1.82, 2.24) is 0 Å². The Morgan fingerprint density at radius 3 is 2.35 bits per heavy atom. The van der Waals surface area contributed by atoms with Crippen LogP contribution < -0.4 is 5.63 Å². The number of Topliss-reactive ketones (excluding diaryl/α,β-unsaturated/α-hetero) is 1. The summed E-state index contributed by atoms with van der Waals surface area (Å²) in [4.78, 5) is 24.2. The van der Waals surface area contributed by atoms with Crippen LogP contribution in [0.4, 0.5) is 13.2 Å². The van der Waals surface area contributed by atoms with E-state index in [1.54, 1.807) is 30.3 Å². The Kier molecular flexibility index (Phi) is 5.00. The first-order valence-corrected chi connectivity index (χ1v) is 9.90. The molecule has 1 atom stereocenters. The van der Waals surface area contributed by atoms with Crippen LogP contribution >= 0.6 is 0 Å². The Labute approximate surface area is 174 Å². The van der Waals surface area contributed by atoms with E-state index in [4.69, 9.17) is 4.42 Å². The Balaban J connectivity index is 2.21. The molecule has 0 radical (unpaired) electrons. The Hall–Kier alpha value is -3.35. The highest BCUT2D eigenvalue weighted by Crippen LogP contribution is 2.41. The predicted molar refractivity (Wildman–Crippen MR) is 113 cm³/mol. The number of rotatable bonds is 4. The number of carbonyl (C=O) groups is 1. The van der Waals surface area contributed by atoms with Crippen molar-refractivity contribution in [3.63, 3.8) is 0 Å². The van der Waals surface area contributed by atoms with Gasteiger partial charge in [0.15, 0.2) is 11.1 Å². The minimum absolute atomic E-state index is 0.0513. The molecule has 160 valence electrons. The van der Waals surface area contributed by atoms with Gasteiger partial charge < -0.3 is 9.52 Å². The molecule has 1 heterocycles. The van der Waals surface area contributed by atoms with Gasteiger partial charge in [-0.05, 0) is 40.1 Å². The SMILES string of the molecule is CCCC(C)c1ccc2c3ccccc3c3oc(=O)c(C(=O)C(F)(F)F)c(O)c3c2c1. The molecule has 4 nitrogen and oxygen atoms in total. The van der Waals surface area contributed by atoms with Gasteiger partial charge in [-0.15, -0.1) is 0 Å². The third-order valence-electron chi connectivity index (χ3n) is 5.65. The molecule has 0 aliphatic carbocycles. The minimum atomic E-state index is -5.33. The molecule has 0 amide bonds. The molecule has 0 fully saturated rings. The summed E-state index contributed by atoms with van der Waals surface area (Å²) in [5.74, 6) is -3.27. The van der Waals surface area contributed by atoms with E-state index in [-0.39, 0.29) is 16.9 Å². The number of fused-ring (bicyclic) bond motifs is 6. The summed E-state index contributed by atoms with van der Waals surface area (Å²) >= 11 is 0. The largest absolute Gasteiger partial charge is 0.506 e. The van der Waals surface area contributed by atoms with Crippen LogP contribution in [0, 0.1) is 0 Å². The summed E-state index contributed by atoms with van der Waals surface area (Å²) in [5, 5.41) is 13.0. The van der Waals surface area contributed by atoms with E-state index in [0.717, 1.165) is 23.8 Å². The number of hydrogen-bond donors (Lipinski definition) is 1. The van der Waals surface area contributed by atoms with Gasteiger partial charge >= 0.3 is 11.8 Å². The van der Waals surface area contributed by atoms with Crippen molar-refractivity contribution in [2.75, 3.05) is 0 Å². The second kappa shape index (κ2) is 7.41. The fraction of sp³-hybridized carbons (Fsp3) is 0.250. The number of ketones is 1. The van der Waals surface area contributed by atoms with E-state index in [2.05, 4.69) is 6.92 Å². The molecule has 1 aromatic heterocycles. The van der Waals surface area contributed by atoms with Crippen molar-refractivity contribution < 1.29 is 27.5 Å². The summed E-state index contributed by atoms with van der Waals surface area (Å²) in [7, 11) is 0. The lowest BCUT2D eigenvalue weighted by molar-refractivity contribution is -0.0888. The lowest BCUT2D eigenvalue weighted by atomic mass is 9.90. The highest BCUT2D eigenvalue weighted by Gasteiger charge is 2.43. The van der Waals surface area contributed by atoms with Crippen molar-refractivity contribution in [2.24, 2.45) is 0 Å². The Bertz CT molecular complexity index is 1400. The van der Waals surface area contributed by atoms with Crippen molar-refractivity contribution in [3.05, 3.63) is 64.0 Å². The zero-order valence-corrected chi connectivity index (χ0v) is 16.8. The smallest absolute Gasteiger partial charge is 0.455 e. The second-order valence-electron chi connectivity index (χ2n) is 7.68. The molecule has 0 saturated heterocycles. The molecule has 4 aromatic rings. The van der Waals surface area contributed by atoms with E-state index in [0.29, 0.717) is 16.2 Å². The van der Waals surface area contributed by atoms with Crippen LogP contribution in [0.15, 0.2) is 51.7 Å². The molecule has 0 aliphatic heterocycles. The van der Waals surface area contributed by atoms with Crippen LogP contribution in [0.25, 0.3) is 32.5 Å². The van der Waals surface area contributed by atoms with E-state index < -0.39 is 28.9 Å². The van der Waals surface area contributed by atoms with E-state index in [9.17, 15) is 27.9 Å². The second-order valence-corrected chi connectivity index (χ2v) is 7.68. The highest BCUT2D eigenvalue weighted by molar-refractivity contribution is 6.26. The fourth-order valence-electron chi connectivity index (χ4n) is 4.13. The summed E-state index contributed by atoms with van der Waals surface area (Å²) < 4.78 is 44.4. The molecule has 0 spiro atoms. The van der Waals surface area contributed by atoms with E-state index in [1.165, 1.54) is 0 Å². The molecule has 7 heteroatoms. The quantitative estimate of drug-likeness (QED) is 0.230. The Morgan fingerprint density at radius 1 is 1.06 bits per heavy atom. The van der Waals surface area contributed by atoms with Crippen LogP contribution in [0.5, 0.6) is 5.75 Å². The average Bonchev–Trinajstić information content (AvgIpc) is 2.72. The number of carbonyl (C=O) groups excluding carboxylic acids is 1. The number of alkyl halides is 3. The third-order valence-corrected chi connectivity index (χ3v) is 5.65.